The average Bonchev–Trinajstić information content (AvgIpc) is 2.27. The number of halogens is 2. The molecule has 0 amide bonds. The van der Waals surface area contributed by atoms with Gasteiger partial charge in [0.15, 0.2) is 0 Å². The van der Waals surface area contributed by atoms with E-state index in [0.29, 0.717) is 0 Å². The number of alkyl halides is 2. The number of hydrogen-bond donors (Lipinski definition) is 0. The molecule has 0 unspecified atom stereocenters. The van der Waals surface area contributed by atoms with E-state index in [1.807, 2.05) is 6.07 Å². The van der Waals surface area contributed by atoms with Gasteiger partial charge in [-0.3, -0.25) is 0 Å². The summed E-state index contributed by atoms with van der Waals surface area (Å²) in [5.41, 5.74) is 0. The first-order chi connectivity index (χ1) is 7.69. The van der Waals surface area contributed by atoms with E-state index in [2.05, 4.69) is 4.74 Å². The molecule has 16 heavy (non-hydrogen) atoms. The van der Waals surface area contributed by atoms with E-state index < -0.39 is 6.61 Å². The summed E-state index contributed by atoms with van der Waals surface area (Å²) in [4.78, 5) is 0. The maximum Gasteiger partial charge on any atom is 0.387 e. The molecule has 2 aromatic carbocycles. The summed E-state index contributed by atoms with van der Waals surface area (Å²) in [5.74, 6) is 0.891. The molecule has 0 aliphatic carbocycles. The topological polar surface area (TPSA) is 18.5 Å². The SMILES string of the molecule is COc1ccc2cc(OC(F)F)ccc2c1. The third kappa shape index (κ3) is 2.21. The van der Waals surface area contributed by atoms with Gasteiger partial charge in [-0.05, 0) is 35.0 Å². The van der Waals surface area contributed by atoms with Gasteiger partial charge in [0.05, 0.1) is 7.11 Å². The maximum absolute atomic E-state index is 12.0. The summed E-state index contributed by atoms with van der Waals surface area (Å²) in [6, 6.07) is 10.2. The van der Waals surface area contributed by atoms with Crippen molar-refractivity contribution in [3.8, 4) is 11.5 Å². The van der Waals surface area contributed by atoms with Gasteiger partial charge in [-0.15, -0.1) is 0 Å². The van der Waals surface area contributed by atoms with Crippen molar-refractivity contribution in [1.82, 2.24) is 0 Å². The fourth-order valence-electron chi connectivity index (χ4n) is 1.51. The zero-order valence-corrected chi connectivity index (χ0v) is 8.61. The van der Waals surface area contributed by atoms with Gasteiger partial charge in [-0.1, -0.05) is 12.1 Å². The second-order valence-electron chi connectivity index (χ2n) is 3.25. The first-order valence-corrected chi connectivity index (χ1v) is 4.71. The van der Waals surface area contributed by atoms with Crippen molar-refractivity contribution in [2.24, 2.45) is 0 Å². The first kappa shape index (κ1) is 10.7. The Morgan fingerprint density at radius 1 is 0.938 bits per heavy atom. The van der Waals surface area contributed by atoms with Gasteiger partial charge in [-0.25, -0.2) is 0 Å². The second kappa shape index (κ2) is 4.35. The highest BCUT2D eigenvalue weighted by atomic mass is 19.3. The van der Waals surface area contributed by atoms with E-state index in [1.54, 1.807) is 31.4 Å². The fourth-order valence-corrected chi connectivity index (χ4v) is 1.51. The molecule has 84 valence electrons. The molecule has 0 atom stereocenters. The van der Waals surface area contributed by atoms with Crippen LogP contribution in [0.1, 0.15) is 0 Å². The van der Waals surface area contributed by atoms with Crippen molar-refractivity contribution in [2.75, 3.05) is 7.11 Å². The molecule has 0 saturated carbocycles. The molecule has 0 aliphatic heterocycles. The van der Waals surface area contributed by atoms with Crippen molar-refractivity contribution < 1.29 is 18.3 Å². The Labute approximate surface area is 91.4 Å². The average molecular weight is 224 g/mol. The summed E-state index contributed by atoms with van der Waals surface area (Å²) < 4.78 is 33.4. The van der Waals surface area contributed by atoms with Crippen LogP contribution >= 0.6 is 0 Å². The number of hydrogen-bond acceptors (Lipinski definition) is 2. The molecule has 0 saturated heterocycles. The summed E-state index contributed by atoms with van der Waals surface area (Å²) in [7, 11) is 1.58. The van der Waals surface area contributed by atoms with Crippen molar-refractivity contribution in [3.63, 3.8) is 0 Å². The van der Waals surface area contributed by atoms with Crippen LogP contribution in [0, 0.1) is 0 Å². The van der Waals surface area contributed by atoms with Crippen LogP contribution in [-0.2, 0) is 0 Å². The smallest absolute Gasteiger partial charge is 0.387 e. The molecule has 2 nitrogen and oxygen atoms in total. The van der Waals surface area contributed by atoms with Gasteiger partial charge in [0.1, 0.15) is 11.5 Å². The Bertz CT molecular complexity index is 497. The minimum absolute atomic E-state index is 0.160. The van der Waals surface area contributed by atoms with E-state index in [0.717, 1.165) is 16.5 Å². The van der Waals surface area contributed by atoms with Crippen LogP contribution in [0.3, 0.4) is 0 Å². The number of benzene rings is 2. The van der Waals surface area contributed by atoms with Crippen molar-refractivity contribution in [2.45, 2.75) is 6.61 Å². The van der Waals surface area contributed by atoms with Crippen molar-refractivity contribution in [3.05, 3.63) is 36.4 Å². The Morgan fingerprint density at radius 2 is 1.50 bits per heavy atom. The highest BCUT2D eigenvalue weighted by Gasteiger charge is 2.05. The molecule has 0 spiro atoms. The largest absolute Gasteiger partial charge is 0.497 e. The lowest BCUT2D eigenvalue weighted by atomic mass is 10.1. The molecule has 0 fully saturated rings. The summed E-state index contributed by atoms with van der Waals surface area (Å²) in [6.07, 6.45) is 0. The molecule has 0 bridgehead atoms. The monoisotopic (exact) mass is 224 g/mol. The van der Waals surface area contributed by atoms with Crippen LogP contribution < -0.4 is 9.47 Å². The van der Waals surface area contributed by atoms with Crippen LogP contribution in [0.25, 0.3) is 10.8 Å². The number of methoxy groups -OCH3 is 1. The van der Waals surface area contributed by atoms with Gasteiger partial charge in [0.2, 0.25) is 0 Å². The predicted octanol–water partition coefficient (Wildman–Crippen LogP) is 3.45. The number of ether oxygens (including phenoxy) is 2. The van der Waals surface area contributed by atoms with Crippen LogP contribution in [-0.4, -0.2) is 13.7 Å². The zero-order chi connectivity index (χ0) is 11.5. The fraction of sp³-hybridized carbons (Fsp3) is 0.167. The molecule has 0 aliphatic rings. The minimum atomic E-state index is -2.80. The highest BCUT2D eigenvalue weighted by Crippen LogP contribution is 2.25. The van der Waals surface area contributed by atoms with Gasteiger partial charge < -0.3 is 9.47 Å². The number of rotatable bonds is 3. The summed E-state index contributed by atoms with van der Waals surface area (Å²) in [5, 5.41) is 1.75. The van der Waals surface area contributed by atoms with E-state index in [1.165, 1.54) is 6.07 Å². The standard InChI is InChI=1S/C12H10F2O2/c1-15-10-4-2-9-7-11(16-12(13)14)5-3-8(9)6-10/h2-7,12H,1H3. The number of fused-ring (bicyclic) bond motifs is 1. The summed E-state index contributed by atoms with van der Waals surface area (Å²) in [6.45, 7) is -2.80. The first-order valence-electron chi connectivity index (χ1n) is 4.71. The van der Waals surface area contributed by atoms with E-state index in [-0.39, 0.29) is 5.75 Å². The molecule has 0 N–H and O–H groups in total. The van der Waals surface area contributed by atoms with Gasteiger partial charge in [0.25, 0.3) is 0 Å². The van der Waals surface area contributed by atoms with Gasteiger partial charge >= 0.3 is 6.61 Å². The normalized spacial score (nSPS) is 10.8. The van der Waals surface area contributed by atoms with Gasteiger partial charge in [0, 0.05) is 0 Å². The Hall–Kier alpha value is -1.84. The molecule has 4 heteroatoms. The lowest BCUT2D eigenvalue weighted by Gasteiger charge is -2.06. The highest BCUT2D eigenvalue weighted by molar-refractivity contribution is 5.85. The molecular weight excluding hydrogens is 214 g/mol. The molecule has 0 aromatic heterocycles. The van der Waals surface area contributed by atoms with E-state index in [4.69, 9.17) is 4.74 Å². The quantitative estimate of drug-likeness (QED) is 0.794. The van der Waals surface area contributed by atoms with Crippen LogP contribution in [0.2, 0.25) is 0 Å². The lowest BCUT2D eigenvalue weighted by molar-refractivity contribution is -0.0497. The second-order valence-corrected chi connectivity index (χ2v) is 3.25. The lowest BCUT2D eigenvalue weighted by Crippen LogP contribution is -2.01. The zero-order valence-electron chi connectivity index (χ0n) is 8.61. The third-order valence-corrected chi connectivity index (χ3v) is 2.24. The van der Waals surface area contributed by atoms with E-state index >= 15 is 0 Å². The van der Waals surface area contributed by atoms with Crippen LogP contribution in [0.5, 0.6) is 11.5 Å². The molecule has 2 aromatic rings. The van der Waals surface area contributed by atoms with Crippen LogP contribution in [0.4, 0.5) is 8.78 Å². The molecular formula is C12H10F2O2. The Kier molecular flexibility index (Phi) is 2.90. The Balaban J connectivity index is 2.39. The maximum atomic E-state index is 12.0. The molecule has 2 rings (SSSR count). The van der Waals surface area contributed by atoms with Crippen molar-refractivity contribution >= 4 is 10.8 Å². The van der Waals surface area contributed by atoms with E-state index in [9.17, 15) is 8.78 Å². The molecule has 0 heterocycles. The molecule has 0 radical (unpaired) electrons. The van der Waals surface area contributed by atoms with Crippen LogP contribution in [0.15, 0.2) is 36.4 Å². The van der Waals surface area contributed by atoms with Gasteiger partial charge in [-0.2, -0.15) is 8.78 Å². The summed E-state index contributed by atoms with van der Waals surface area (Å²) >= 11 is 0. The minimum Gasteiger partial charge on any atom is -0.497 e. The Morgan fingerprint density at radius 3 is 2.06 bits per heavy atom. The third-order valence-electron chi connectivity index (χ3n) is 2.24. The predicted molar refractivity (Wildman–Crippen MR) is 57.1 cm³/mol. The van der Waals surface area contributed by atoms with Crippen molar-refractivity contribution in [1.29, 1.82) is 0 Å².